The molecule has 0 aliphatic heterocycles. The van der Waals surface area contributed by atoms with Crippen molar-refractivity contribution in [3.05, 3.63) is 212 Å². The lowest BCUT2D eigenvalue weighted by Gasteiger charge is -2.18. The van der Waals surface area contributed by atoms with E-state index in [1.165, 1.54) is 54.6 Å². The molecule has 0 amide bonds. The molecule has 12 rings (SSSR count). The molecule has 3 heteroatoms. The van der Waals surface area contributed by atoms with Gasteiger partial charge in [0.15, 0.2) is 0 Å². The van der Waals surface area contributed by atoms with E-state index >= 15 is 0 Å². The van der Waals surface area contributed by atoms with Crippen molar-refractivity contribution >= 4 is 65.0 Å². The summed E-state index contributed by atoms with van der Waals surface area (Å²) in [5.41, 5.74) is 11.9. The molecule has 0 N–H and O–H groups in total. The van der Waals surface area contributed by atoms with Crippen LogP contribution in [0, 0.1) is 0 Å². The fourth-order valence-electron chi connectivity index (χ4n) is 9.30. The number of hydrogen-bond donors (Lipinski definition) is 0. The van der Waals surface area contributed by atoms with Crippen LogP contribution in [0.5, 0.6) is 0 Å². The Morgan fingerprint density at radius 2 is 0.881 bits per heavy atom. The number of nitrogens with zero attached hydrogens (tertiary/aromatic N) is 3. The quantitative estimate of drug-likeness (QED) is 0.130. The minimum Gasteiger partial charge on any atom is -0.292 e. The van der Waals surface area contributed by atoms with Crippen molar-refractivity contribution in [2.45, 2.75) is 0 Å². The molecule has 274 valence electrons. The van der Waals surface area contributed by atoms with Crippen LogP contribution in [0.3, 0.4) is 0 Å². The van der Waals surface area contributed by atoms with Crippen molar-refractivity contribution in [1.82, 2.24) is 14.5 Å². The summed E-state index contributed by atoms with van der Waals surface area (Å²) in [5, 5.41) is 10.8. The number of imidazole rings is 1. The third kappa shape index (κ3) is 5.29. The smallest absolute Gasteiger partial charge is 0.145 e. The molecule has 0 aliphatic carbocycles. The first-order valence-corrected chi connectivity index (χ1v) is 20.2. The van der Waals surface area contributed by atoms with Crippen LogP contribution in [0.1, 0.15) is 0 Å². The highest BCUT2D eigenvalue weighted by Crippen LogP contribution is 2.45. The van der Waals surface area contributed by atoms with E-state index in [1.807, 2.05) is 0 Å². The minimum atomic E-state index is 0.902. The Bertz CT molecular complexity index is 3530. The zero-order chi connectivity index (χ0) is 38.9. The molecule has 59 heavy (non-hydrogen) atoms. The van der Waals surface area contributed by atoms with Crippen molar-refractivity contribution in [3.8, 4) is 50.6 Å². The van der Waals surface area contributed by atoms with Gasteiger partial charge in [0.05, 0.1) is 22.2 Å². The summed E-state index contributed by atoms with van der Waals surface area (Å²) in [4.78, 5) is 10.9. The highest BCUT2D eigenvalue weighted by molar-refractivity contribution is 6.23. The average Bonchev–Trinajstić information content (AvgIpc) is 3.71. The van der Waals surface area contributed by atoms with Gasteiger partial charge >= 0.3 is 0 Å². The van der Waals surface area contributed by atoms with Gasteiger partial charge in [-0.1, -0.05) is 182 Å². The van der Waals surface area contributed by atoms with Gasteiger partial charge in [-0.3, -0.25) is 4.57 Å². The number of para-hydroxylation sites is 2. The van der Waals surface area contributed by atoms with Gasteiger partial charge in [-0.05, 0) is 90.3 Å². The van der Waals surface area contributed by atoms with Crippen LogP contribution in [0.25, 0.3) is 116 Å². The van der Waals surface area contributed by atoms with E-state index in [-0.39, 0.29) is 0 Å². The molecule has 12 aromatic rings. The average molecular weight is 750 g/mol. The third-order valence-electron chi connectivity index (χ3n) is 12.0. The van der Waals surface area contributed by atoms with Gasteiger partial charge in [0.1, 0.15) is 5.82 Å². The van der Waals surface area contributed by atoms with Crippen molar-refractivity contribution in [3.63, 3.8) is 0 Å². The second-order valence-electron chi connectivity index (χ2n) is 15.3. The van der Waals surface area contributed by atoms with Gasteiger partial charge in [0.2, 0.25) is 0 Å². The minimum absolute atomic E-state index is 0.902. The summed E-state index contributed by atoms with van der Waals surface area (Å²) in [6.45, 7) is 0. The first-order valence-electron chi connectivity index (χ1n) is 20.2. The van der Waals surface area contributed by atoms with Gasteiger partial charge in [-0.2, -0.15) is 0 Å². The fourth-order valence-corrected chi connectivity index (χ4v) is 9.30. The summed E-state index contributed by atoms with van der Waals surface area (Å²) in [5.74, 6) is 0.902. The molecular weight excluding hydrogens is 715 g/mol. The van der Waals surface area contributed by atoms with Gasteiger partial charge in [0, 0.05) is 27.6 Å². The third-order valence-corrected chi connectivity index (χ3v) is 12.0. The highest BCUT2D eigenvalue weighted by Gasteiger charge is 2.22. The van der Waals surface area contributed by atoms with Crippen LogP contribution in [-0.2, 0) is 0 Å². The van der Waals surface area contributed by atoms with E-state index in [0.717, 1.165) is 61.0 Å². The molecule has 0 atom stereocenters. The SMILES string of the molecule is c1ccc(-c2nc3c4c(-c5ccc(-c6c7ccccc7c(-c7ccc8ccccc8c7)c7ccccc67)cc5)nc5ccccc5c4ccc3n2-c2ccccc2)cc1. The largest absolute Gasteiger partial charge is 0.292 e. The molecule has 0 radical (unpaired) electrons. The fraction of sp³-hybridized carbons (Fsp3) is 0. The predicted octanol–water partition coefficient (Wildman–Crippen LogP) is 14.9. The van der Waals surface area contributed by atoms with Gasteiger partial charge in [-0.25, -0.2) is 9.97 Å². The van der Waals surface area contributed by atoms with E-state index in [4.69, 9.17) is 9.97 Å². The number of hydrogen-bond acceptors (Lipinski definition) is 2. The number of rotatable bonds is 5. The molecule has 0 saturated carbocycles. The van der Waals surface area contributed by atoms with E-state index in [0.29, 0.717) is 0 Å². The Morgan fingerprint density at radius 3 is 1.58 bits per heavy atom. The standard InChI is InChI=1S/C56H35N3/c1-3-16-39(17-4-1)56-58-55-50(59(56)42-19-5-2-6-20-42)34-33-48-43-21-13-14-26-49(43)57-54(53(48)55)38-30-28-37(29-31-38)51-44-22-9-11-24-46(44)52(47-25-12-10-23-45(47)51)41-32-27-36-15-7-8-18-40(36)35-41/h1-35H. The molecule has 2 aromatic heterocycles. The zero-order valence-corrected chi connectivity index (χ0v) is 32.0. The molecule has 0 saturated heterocycles. The van der Waals surface area contributed by atoms with Crippen molar-refractivity contribution < 1.29 is 0 Å². The van der Waals surface area contributed by atoms with Crippen LogP contribution in [-0.4, -0.2) is 14.5 Å². The van der Waals surface area contributed by atoms with Crippen molar-refractivity contribution in [2.75, 3.05) is 0 Å². The maximum atomic E-state index is 5.49. The summed E-state index contributed by atoms with van der Waals surface area (Å²) in [6, 6.07) is 76.2. The first kappa shape index (κ1) is 33.3. The molecule has 0 aliphatic rings. The van der Waals surface area contributed by atoms with E-state index in [1.54, 1.807) is 0 Å². The molecular formula is C56H35N3. The van der Waals surface area contributed by atoms with Gasteiger partial charge in [0.25, 0.3) is 0 Å². The zero-order valence-electron chi connectivity index (χ0n) is 32.0. The van der Waals surface area contributed by atoms with Crippen LogP contribution in [0.15, 0.2) is 212 Å². The number of aromatic nitrogens is 3. The molecule has 0 spiro atoms. The second-order valence-corrected chi connectivity index (χ2v) is 15.3. The highest BCUT2D eigenvalue weighted by atomic mass is 15.1. The Kier molecular flexibility index (Phi) is 7.54. The van der Waals surface area contributed by atoms with E-state index in [2.05, 4.69) is 217 Å². The van der Waals surface area contributed by atoms with E-state index < -0.39 is 0 Å². The van der Waals surface area contributed by atoms with Crippen LogP contribution in [0.4, 0.5) is 0 Å². The Hall–Kier alpha value is -7.88. The Balaban J connectivity index is 1.09. The lowest BCUT2D eigenvalue weighted by atomic mass is 9.85. The molecule has 0 unspecified atom stereocenters. The van der Waals surface area contributed by atoms with Crippen molar-refractivity contribution in [2.24, 2.45) is 0 Å². The van der Waals surface area contributed by atoms with Crippen LogP contribution in [0.2, 0.25) is 0 Å². The number of fused-ring (bicyclic) bond motifs is 8. The van der Waals surface area contributed by atoms with Crippen molar-refractivity contribution in [1.29, 1.82) is 0 Å². The molecule has 2 heterocycles. The summed E-state index contributed by atoms with van der Waals surface area (Å²) < 4.78 is 2.28. The number of pyridine rings is 1. The summed E-state index contributed by atoms with van der Waals surface area (Å²) in [6.07, 6.45) is 0. The van der Waals surface area contributed by atoms with Crippen LogP contribution >= 0.6 is 0 Å². The Labute approximate surface area is 341 Å². The molecule has 0 bridgehead atoms. The van der Waals surface area contributed by atoms with E-state index in [9.17, 15) is 0 Å². The monoisotopic (exact) mass is 749 g/mol. The van der Waals surface area contributed by atoms with Crippen LogP contribution < -0.4 is 0 Å². The Morgan fingerprint density at radius 1 is 0.339 bits per heavy atom. The maximum Gasteiger partial charge on any atom is 0.145 e. The number of benzene rings is 10. The molecule has 0 fully saturated rings. The maximum absolute atomic E-state index is 5.49. The summed E-state index contributed by atoms with van der Waals surface area (Å²) in [7, 11) is 0. The first-order chi connectivity index (χ1) is 29.3. The predicted molar refractivity (Wildman–Crippen MR) is 248 cm³/mol. The topological polar surface area (TPSA) is 30.7 Å². The lowest BCUT2D eigenvalue weighted by Crippen LogP contribution is -1.97. The van der Waals surface area contributed by atoms with Gasteiger partial charge in [-0.15, -0.1) is 0 Å². The summed E-state index contributed by atoms with van der Waals surface area (Å²) >= 11 is 0. The van der Waals surface area contributed by atoms with Gasteiger partial charge < -0.3 is 0 Å². The molecule has 10 aromatic carbocycles. The lowest BCUT2D eigenvalue weighted by molar-refractivity contribution is 1.10. The normalized spacial score (nSPS) is 11.7. The molecule has 3 nitrogen and oxygen atoms in total. The second kappa shape index (κ2) is 13.4.